The van der Waals surface area contributed by atoms with E-state index in [9.17, 15) is 5.11 Å². The Morgan fingerprint density at radius 1 is 1.40 bits per heavy atom. The molecule has 1 aliphatic rings. The summed E-state index contributed by atoms with van der Waals surface area (Å²) in [7, 11) is 0. The molecule has 3 nitrogen and oxygen atoms in total. The van der Waals surface area contributed by atoms with Crippen LogP contribution in [0.25, 0.3) is 0 Å². The average molecular weight is 341 g/mol. The largest absolute Gasteiger partial charge is 0.388 e. The van der Waals surface area contributed by atoms with Gasteiger partial charge in [-0.15, -0.1) is 0 Å². The summed E-state index contributed by atoms with van der Waals surface area (Å²) in [6, 6.07) is 6.46. The molecule has 2 rings (SSSR count). The molecule has 1 aliphatic heterocycles. The number of hydrogen-bond donors (Lipinski definition) is 2. The Kier molecular flexibility index (Phi) is 4.47. The summed E-state index contributed by atoms with van der Waals surface area (Å²) in [4.78, 5) is 2.24. The third kappa shape index (κ3) is 4.21. The number of β-amino-alcohol motifs (C(OH)–C–C–N with tert-alkyl or cyclic N) is 1. The molecule has 4 heteroatoms. The zero-order valence-electron chi connectivity index (χ0n) is 12.8. The van der Waals surface area contributed by atoms with Crippen molar-refractivity contribution in [3.63, 3.8) is 0 Å². The quantitative estimate of drug-likeness (QED) is 0.886. The summed E-state index contributed by atoms with van der Waals surface area (Å²) >= 11 is 3.66. The SMILES string of the molecule is CC1(O)CCN(c2ccc(CNC(C)(C)C)c(Br)c2)C1. The highest BCUT2D eigenvalue weighted by molar-refractivity contribution is 9.10. The molecule has 1 heterocycles. The van der Waals surface area contributed by atoms with Crippen LogP contribution in [0.15, 0.2) is 22.7 Å². The van der Waals surface area contributed by atoms with Gasteiger partial charge in [-0.25, -0.2) is 0 Å². The van der Waals surface area contributed by atoms with Gasteiger partial charge < -0.3 is 15.3 Å². The fourth-order valence-corrected chi connectivity index (χ4v) is 2.91. The van der Waals surface area contributed by atoms with Crippen LogP contribution in [0.4, 0.5) is 5.69 Å². The number of halogens is 1. The number of nitrogens with one attached hydrogen (secondary N) is 1. The monoisotopic (exact) mass is 340 g/mol. The van der Waals surface area contributed by atoms with Crippen molar-refractivity contribution in [2.75, 3.05) is 18.0 Å². The van der Waals surface area contributed by atoms with E-state index in [1.807, 2.05) is 6.92 Å². The molecule has 0 amide bonds. The molecule has 0 bridgehead atoms. The van der Waals surface area contributed by atoms with Crippen molar-refractivity contribution in [2.24, 2.45) is 0 Å². The van der Waals surface area contributed by atoms with E-state index in [1.165, 1.54) is 11.3 Å². The topological polar surface area (TPSA) is 35.5 Å². The molecular weight excluding hydrogens is 316 g/mol. The van der Waals surface area contributed by atoms with Crippen LogP contribution in [-0.2, 0) is 6.54 Å². The molecular formula is C16H25BrN2O. The van der Waals surface area contributed by atoms with E-state index < -0.39 is 5.60 Å². The second-order valence-corrected chi connectivity index (χ2v) is 7.90. The molecule has 1 unspecified atom stereocenters. The van der Waals surface area contributed by atoms with Gasteiger partial charge in [-0.2, -0.15) is 0 Å². The zero-order chi connectivity index (χ0) is 15.0. The van der Waals surface area contributed by atoms with Gasteiger partial charge in [0.2, 0.25) is 0 Å². The van der Waals surface area contributed by atoms with Crippen molar-refractivity contribution in [1.29, 1.82) is 0 Å². The highest BCUT2D eigenvalue weighted by Crippen LogP contribution is 2.30. The first-order valence-corrected chi connectivity index (χ1v) is 7.96. The molecule has 0 radical (unpaired) electrons. The Hall–Kier alpha value is -0.580. The molecule has 1 aromatic carbocycles. The van der Waals surface area contributed by atoms with Crippen molar-refractivity contribution in [3.05, 3.63) is 28.2 Å². The van der Waals surface area contributed by atoms with E-state index in [4.69, 9.17) is 0 Å². The first-order chi connectivity index (χ1) is 9.16. The van der Waals surface area contributed by atoms with Gasteiger partial charge >= 0.3 is 0 Å². The number of rotatable bonds is 3. The highest BCUT2D eigenvalue weighted by Gasteiger charge is 2.31. The van der Waals surface area contributed by atoms with Gasteiger partial charge in [0, 0.05) is 35.3 Å². The maximum absolute atomic E-state index is 10.1. The molecule has 1 saturated heterocycles. The van der Waals surface area contributed by atoms with Crippen molar-refractivity contribution in [2.45, 2.75) is 51.8 Å². The standard InChI is InChI=1S/C16H25BrN2O/c1-15(2,3)18-10-12-5-6-13(9-14(12)17)19-8-7-16(4,20)11-19/h5-6,9,18,20H,7-8,10-11H2,1-4H3. The van der Waals surface area contributed by atoms with Gasteiger partial charge in [-0.3, -0.25) is 0 Å². The minimum Gasteiger partial charge on any atom is -0.388 e. The van der Waals surface area contributed by atoms with Crippen molar-refractivity contribution in [3.8, 4) is 0 Å². The lowest BCUT2D eigenvalue weighted by molar-refractivity contribution is 0.0839. The maximum atomic E-state index is 10.1. The Morgan fingerprint density at radius 3 is 2.60 bits per heavy atom. The van der Waals surface area contributed by atoms with Gasteiger partial charge in [0.1, 0.15) is 0 Å². The third-order valence-corrected chi connectivity index (χ3v) is 4.40. The van der Waals surface area contributed by atoms with E-state index in [0.29, 0.717) is 6.54 Å². The first-order valence-electron chi connectivity index (χ1n) is 7.17. The number of benzene rings is 1. The van der Waals surface area contributed by atoms with E-state index in [0.717, 1.165) is 24.0 Å². The van der Waals surface area contributed by atoms with Crippen molar-refractivity contribution >= 4 is 21.6 Å². The highest BCUT2D eigenvalue weighted by atomic mass is 79.9. The van der Waals surface area contributed by atoms with Crippen LogP contribution in [-0.4, -0.2) is 29.3 Å². The van der Waals surface area contributed by atoms with Crippen LogP contribution in [0.1, 0.15) is 39.7 Å². The molecule has 20 heavy (non-hydrogen) atoms. The fraction of sp³-hybridized carbons (Fsp3) is 0.625. The first kappa shape index (κ1) is 15.8. The minimum atomic E-state index is -0.557. The summed E-state index contributed by atoms with van der Waals surface area (Å²) in [5.41, 5.74) is 1.99. The Labute approximate surface area is 130 Å². The van der Waals surface area contributed by atoms with E-state index in [1.54, 1.807) is 0 Å². The van der Waals surface area contributed by atoms with E-state index >= 15 is 0 Å². The molecule has 112 valence electrons. The molecule has 2 N–H and O–H groups in total. The Bertz CT molecular complexity index is 480. The lowest BCUT2D eigenvalue weighted by atomic mass is 10.1. The van der Waals surface area contributed by atoms with Crippen LogP contribution >= 0.6 is 15.9 Å². The zero-order valence-corrected chi connectivity index (χ0v) is 14.4. The van der Waals surface area contributed by atoms with Gasteiger partial charge in [0.15, 0.2) is 0 Å². The fourth-order valence-electron chi connectivity index (χ4n) is 2.40. The molecule has 0 aliphatic carbocycles. The molecule has 1 aromatic rings. The van der Waals surface area contributed by atoms with Gasteiger partial charge in [0.25, 0.3) is 0 Å². The van der Waals surface area contributed by atoms with E-state index in [2.05, 4.69) is 65.1 Å². The molecule has 0 spiro atoms. The average Bonchev–Trinajstić information content (AvgIpc) is 2.67. The van der Waals surface area contributed by atoms with Crippen LogP contribution in [0.2, 0.25) is 0 Å². The summed E-state index contributed by atoms with van der Waals surface area (Å²) in [6.07, 6.45) is 0.831. The Morgan fingerprint density at radius 2 is 2.10 bits per heavy atom. The number of hydrogen-bond acceptors (Lipinski definition) is 3. The minimum absolute atomic E-state index is 0.117. The number of anilines is 1. The van der Waals surface area contributed by atoms with Crippen LogP contribution < -0.4 is 10.2 Å². The summed E-state index contributed by atoms with van der Waals surface area (Å²) in [5.74, 6) is 0. The van der Waals surface area contributed by atoms with Crippen LogP contribution in [0.5, 0.6) is 0 Å². The summed E-state index contributed by atoms with van der Waals surface area (Å²) < 4.78 is 1.12. The van der Waals surface area contributed by atoms with Crippen molar-refractivity contribution < 1.29 is 5.11 Å². The molecule has 1 fully saturated rings. The summed E-state index contributed by atoms with van der Waals surface area (Å²) in [6.45, 7) is 10.9. The predicted octanol–water partition coefficient (Wildman–Crippen LogP) is 3.30. The van der Waals surface area contributed by atoms with Gasteiger partial charge in [-0.1, -0.05) is 22.0 Å². The lowest BCUT2D eigenvalue weighted by Gasteiger charge is -2.23. The van der Waals surface area contributed by atoms with Crippen molar-refractivity contribution in [1.82, 2.24) is 5.32 Å². The normalized spacial score (nSPS) is 23.4. The van der Waals surface area contributed by atoms with Crippen LogP contribution in [0, 0.1) is 0 Å². The maximum Gasteiger partial charge on any atom is 0.0810 e. The predicted molar refractivity (Wildman–Crippen MR) is 88.2 cm³/mol. The second kappa shape index (κ2) is 5.66. The Balaban J connectivity index is 2.06. The lowest BCUT2D eigenvalue weighted by Crippen LogP contribution is -2.35. The third-order valence-electron chi connectivity index (χ3n) is 3.66. The molecule has 1 atom stereocenters. The number of aliphatic hydroxyl groups is 1. The molecule has 0 saturated carbocycles. The number of nitrogens with zero attached hydrogens (tertiary/aromatic N) is 1. The van der Waals surface area contributed by atoms with Gasteiger partial charge in [0.05, 0.1) is 5.60 Å². The second-order valence-electron chi connectivity index (χ2n) is 7.05. The summed E-state index contributed by atoms with van der Waals surface area (Å²) in [5, 5.41) is 13.6. The smallest absolute Gasteiger partial charge is 0.0810 e. The van der Waals surface area contributed by atoms with Gasteiger partial charge in [-0.05, 0) is 51.8 Å². The van der Waals surface area contributed by atoms with Crippen LogP contribution in [0.3, 0.4) is 0 Å². The molecule has 0 aromatic heterocycles. The van der Waals surface area contributed by atoms with E-state index in [-0.39, 0.29) is 5.54 Å².